The number of anilines is 2. The molecule has 3 aromatic rings. The van der Waals surface area contributed by atoms with Crippen molar-refractivity contribution >= 4 is 47.4 Å². The molecule has 0 fully saturated rings. The monoisotopic (exact) mass is 577 g/mol. The SMILES string of the molecule is C=C1N=CN(Cc2c(F)cc(F)cc2F)c2ccccc21.CC.COc1c(O)cc(N(OC=O)C(C)=O)cc1Cl. The number of phenolic OH excluding ortho intramolecular Hbond substituents is 1. The number of benzene rings is 3. The van der Waals surface area contributed by atoms with Crippen LogP contribution in [0.1, 0.15) is 31.9 Å². The number of aliphatic imine (C=N–C) groups is 1. The molecular formula is C28H27ClF3N3O5. The average Bonchev–Trinajstić information content (AvgIpc) is 2.91. The summed E-state index contributed by atoms with van der Waals surface area (Å²) in [5.41, 5.74) is 2.04. The van der Waals surface area contributed by atoms with Crippen LogP contribution in [0.25, 0.3) is 5.70 Å². The lowest BCUT2D eigenvalue weighted by Gasteiger charge is -2.26. The Morgan fingerprint density at radius 2 is 1.77 bits per heavy atom. The van der Waals surface area contributed by atoms with Crippen molar-refractivity contribution in [3.05, 3.63) is 88.7 Å². The fourth-order valence-electron chi connectivity index (χ4n) is 3.50. The highest BCUT2D eigenvalue weighted by Gasteiger charge is 2.20. The number of methoxy groups -OCH3 is 1. The molecule has 3 aromatic carbocycles. The van der Waals surface area contributed by atoms with E-state index in [1.54, 1.807) is 4.90 Å². The Morgan fingerprint density at radius 1 is 1.15 bits per heavy atom. The van der Waals surface area contributed by atoms with Crippen LogP contribution in [0.15, 0.2) is 60.1 Å². The van der Waals surface area contributed by atoms with Crippen LogP contribution in [0.2, 0.25) is 5.02 Å². The molecule has 1 aliphatic heterocycles. The smallest absolute Gasteiger partial charge is 0.321 e. The number of rotatable bonds is 6. The van der Waals surface area contributed by atoms with Gasteiger partial charge in [0.25, 0.3) is 5.91 Å². The van der Waals surface area contributed by atoms with E-state index in [9.17, 15) is 27.9 Å². The van der Waals surface area contributed by atoms with E-state index in [1.165, 1.54) is 32.5 Å². The molecule has 1 heterocycles. The molecule has 0 atom stereocenters. The lowest BCUT2D eigenvalue weighted by atomic mass is 10.1. The van der Waals surface area contributed by atoms with Gasteiger partial charge in [-0.25, -0.2) is 18.2 Å². The molecule has 0 bridgehead atoms. The second-order valence-corrected chi connectivity index (χ2v) is 8.09. The lowest BCUT2D eigenvalue weighted by Crippen LogP contribution is -2.28. The van der Waals surface area contributed by atoms with Gasteiger partial charge < -0.3 is 19.6 Å². The summed E-state index contributed by atoms with van der Waals surface area (Å²) in [7, 11) is 1.34. The Labute approximate surface area is 234 Å². The number of para-hydroxylation sites is 1. The normalized spacial score (nSPS) is 11.3. The number of halogens is 4. The molecular weight excluding hydrogens is 551 g/mol. The molecule has 0 saturated carbocycles. The maximum absolute atomic E-state index is 13.8. The number of hydrogen-bond acceptors (Lipinski definition) is 7. The van der Waals surface area contributed by atoms with Gasteiger partial charge >= 0.3 is 6.47 Å². The largest absolute Gasteiger partial charge is 0.504 e. The van der Waals surface area contributed by atoms with Crippen LogP contribution in [0.3, 0.4) is 0 Å². The van der Waals surface area contributed by atoms with Gasteiger partial charge in [0, 0.05) is 36.2 Å². The first-order chi connectivity index (χ1) is 19.1. The Kier molecular flexibility index (Phi) is 11.6. The van der Waals surface area contributed by atoms with Crippen LogP contribution in [0.4, 0.5) is 24.5 Å². The second kappa shape index (κ2) is 14.6. The predicted octanol–water partition coefficient (Wildman–Crippen LogP) is 6.64. The number of hydroxylamine groups is 1. The molecule has 1 N–H and O–H groups in total. The maximum Gasteiger partial charge on any atom is 0.321 e. The summed E-state index contributed by atoms with van der Waals surface area (Å²) in [5, 5.41) is 10.4. The van der Waals surface area contributed by atoms with Crippen molar-refractivity contribution in [1.82, 2.24) is 0 Å². The van der Waals surface area contributed by atoms with Gasteiger partial charge in [-0.1, -0.05) is 50.2 Å². The first-order valence-corrected chi connectivity index (χ1v) is 12.1. The molecule has 12 heteroatoms. The van der Waals surface area contributed by atoms with E-state index >= 15 is 0 Å². The van der Waals surface area contributed by atoms with Crippen molar-refractivity contribution in [2.45, 2.75) is 27.3 Å². The molecule has 4 rings (SSSR count). The number of nitrogens with zero attached hydrogens (tertiary/aromatic N) is 3. The van der Waals surface area contributed by atoms with Crippen molar-refractivity contribution in [2.75, 3.05) is 17.1 Å². The number of ether oxygens (including phenoxy) is 1. The van der Waals surface area contributed by atoms with Crippen LogP contribution in [-0.2, 0) is 21.0 Å². The van der Waals surface area contributed by atoms with Gasteiger partial charge in [0.15, 0.2) is 11.5 Å². The number of hydrogen-bond donors (Lipinski definition) is 1. The van der Waals surface area contributed by atoms with Crippen molar-refractivity contribution in [3.63, 3.8) is 0 Å². The minimum atomic E-state index is -0.935. The summed E-state index contributed by atoms with van der Waals surface area (Å²) in [6.07, 6.45) is 1.47. The molecule has 0 unspecified atom stereocenters. The van der Waals surface area contributed by atoms with Crippen LogP contribution in [0.5, 0.6) is 11.5 Å². The number of phenols is 1. The quantitative estimate of drug-likeness (QED) is 0.261. The van der Waals surface area contributed by atoms with Gasteiger partial charge in [-0.2, -0.15) is 0 Å². The maximum atomic E-state index is 13.8. The molecule has 0 aliphatic carbocycles. The van der Waals surface area contributed by atoms with E-state index in [2.05, 4.69) is 16.4 Å². The number of fused-ring (bicyclic) bond motifs is 1. The van der Waals surface area contributed by atoms with Crippen LogP contribution in [-0.4, -0.2) is 30.9 Å². The molecule has 0 radical (unpaired) electrons. The van der Waals surface area contributed by atoms with Gasteiger partial charge in [0.1, 0.15) is 17.5 Å². The van der Waals surface area contributed by atoms with E-state index in [0.29, 0.717) is 22.9 Å². The lowest BCUT2D eigenvalue weighted by molar-refractivity contribution is -0.138. The number of carbonyl (C=O) groups excluding carboxylic acids is 2. The van der Waals surface area contributed by atoms with Crippen molar-refractivity contribution < 1.29 is 37.4 Å². The van der Waals surface area contributed by atoms with Crippen molar-refractivity contribution in [3.8, 4) is 11.5 Å². The summed E-state index contributed by atoms with van der Waals surface area (Å²) in [6.45, 7) is 9.03. The zero-order valence-electron chi connectivity index (χ0n) is 22.1. The first-order valence-electron chi connectivity index (χ1n) is 11.8. The summed E-state index contributed by atoms with van der Waals surface area (Å²) in [4.78, 5) is 31.6. The van der Waals surface area contributed by atoms with Crippen LogP contribution in [0, 0.1) is 17.5 Å². The van der Waals surface area contributed by atoms with E-state index in [-0.39, 0.29) is 40.8 Å². The molecule has 0 saturated heterocycles. The van der Waals surface area contributed by atoms with Crippen LogP contribution < -0.4 is 14.7 Å². The fraction of sp³-hybridized carbons (Fsp3) is 0.179. The Morgan fingerprint density at radius 3 is 2.33 bits per heavy atom. The van der Waals surface area contributed by atoms with Gasteiger partial charge in [0.2, 0.25) is 0 Å². The predicted molar refractivity (Wildman–Crippen MR) is 148 cm³/mol. The average molecular weight is 578 g/mol. The molecule has 0 spiro atoms. The van der Waals surface area contributed by atoms with E-state index in [0.717, 1.165) is 11.3 Å². The van der Waals surface area contributed by atoms with E-state index in [1.807, 2.05) is 38.1 Å². The third-order valence-electron chi connectivity index (χ3n) is 5.19. The molecule has 1 aliphatic rings. The number of amides is 1. The van der Waals surface area contributed by atoms with E-state index in [4.69, 9.17) is 16.3 Å². The molecule has 1 amide bonds. The van der Waals surface area contributed by atoms with E-state index < -0.39 is 23.4 Å². The first kappa shape index (κ1) is 31.7. The van der Waals surface area contributed by atoms with Gasteiger partial charge in [-0.3, -0.25) is 9.59 Å². The second-order valence-electron chi connectivity index (χ2n) is 7.68. The highest BCUT2D eigenvalue weighted by Crippen LogP contribution is 2.38. The number of aromatic hydroxyl groups is 1. The van der Waals surface area contributed by atoms with Crippen molar-refractivity contribution in [2.24, 2.45) is 4.99 Å². The summed E-state index contributed by atoms with van der Waals surface area (Å²) >= 11 is 5.82. The highest BCUT2D eigenvalue weighted by atomic mass is 35.5. The number of carbonyl (C=O) groups is 2. The summed E-state index contributed by atoms with van der Waals surface area (Å²) in [6, 6.07) is 11.1. The zero-order valence-corrected chi connectivity index (χ0v) is 22.9. The summed E-state index contributed by atoms with van der Waals surface area (Å²) in [5.74, 6) is -3.50. The minimum absolute atomic E-state index is 0.0741. The third-order valence-corrected chi connectivity index (χ3v) is 5.47. The Bertz CT molecular complexity index is 1370. The molecule has 212 valence electrons. The topological polar surface area (TPSA) is 91.7 Å². The molecule has 40 heavy (non-hydrogen) atoms. The molecule has 0 aromatic heterocycles. The summed E-state index contributed by atoms with van der Waals surface area (Å²) < 4.78 is 45.3. The third kappa shape index (κ3) is 7.54. The minimum Gasteiger partial charge on any atom is -0.504 e. The van der Waals surface area contributed by atoms with Crippen molar-refractivity contribution in [1.29, 1.82) is 0 Å². The van der Waals surface area contributed by atoms with Gasteiger partial charge in [-0.15, -0.1) is 5.06 Å². The Hall–Kier alpha value is -4.51. The van der Waals surface area contributed by atoms with Gasteiger partial charge in [-0.05, 0) is 12.1 Å². The molecule has 8 nitrogen and oxygen atoms in total. The standard InChI is InChI=1S/C16H11F3N2.C10H10ClNO5.C2H6/c1-10-12-4-2-3-5-16(12)21(9-20-10)8-13-14(18)6-11(17)7-15(13)19;1-6(14)12(17-5-13)7-3-8(11)10(16-2)9(15)4-7;1-2/h2-7,9H,1,8H2;3-5,15H,1-2H3;1-2H3. The van der Waals surface area contributed by atoms with Crippen LogP contribution >= 0.6 is 11.6 Å². The fourth-order valence-corrected chi connectivity index (χ4v) is 3.79. The van der Waals surface area contributed by atoms with Gasteiger partial charge in [0.05, 0.1) is 42.1 Å². The highest BCUT2D eigenvalue weighted by molar-refractivity contribution is 6.32. The Balaban J connectivity index is 0.000000270. The zero-order chi connectivity index (χ0) is 30.0.